The molecule has 0 saturated heterocycles. The summed E-state index contributed by atoms with van der Waals surface area (Å²) in [4.78, 5) is 2.59. The molecule has 2 heteroatoms. The van der Waals surface area contributed by atoms with E-state index in [1.165, 1.54) is 24.2 Å². The first-order chi connectivity index (χ1) is 8.26. The standard InChI is InChI=1S/C15H24N2/c1-4-12(3)17(5-2)11-13-10-16-15-9-7-6-8-14(13)15/h6-9,12-13,16H,4-5,10-11H2,1-3H3. The van der Waals surface area contributed by atoms with E-state index in [9.17, 15) is 0 Å². The van der Waals surface area contributed by atoms with Gasteiger partial charge in [-0.2, -0.15) is 0 Å². The first-order valence-electron chi connectivity index (χ1n) is 6.83. The molecule has 0 aliphatic carbocycles. The molecule has 2 rings (SSSR count). The van der Waals surface area contributed by atoms with Gasteiger partial charge in [0.1, 0.15) is 0 Å². The third-order valence-corrected chi connectivity index (χ3v) is 4.01. The summed E-state index contributed by atoms with van der Waals surface area (Å²) in [6.07, 6.45) is 1.23. The number of rotatable bonds is 5. The highest BCUT2D eigenvalue weighted by molar-refractivity contribution is 5.57. The number of nitrogens with one attached hydrogen (secondary N) is 1. The highest BCUT2D eigenvalue weighted by atomic mass is 15.2. The average molecular weight is 232 g/mol. The summed E-state index contributed by atoms with van der Waals surface area (Å²) in [5.74, 6) is 0.653. The minimum atomic E-state index is 0.653. The SMILES string of the molecule is CCC(C)N(CC)CC1CNc2ccccc21. The molecule has 0 spiro atoms. The van der Waals surface area contributed by atoms with Crippen LogP contribution in [0.2, 0.25) is 0 Å². The van der Waals surface area contributed by atoms with Crippen LogP contribution < -0.4 is 5.32 Å². The third kappa shape index (κ3) is 2.63. The van der Waals surface area contributed by atoms with Crippen LogP contribution >= 0.6 is 0 Å². The first kappa shape index (κ1) is 12.4. The Balaban J connectivity index is 2.05. The van der Waals surface area contributed by atoms with Crippen molar-refractivity contribution in [2.45, 2.75) is 39.2 Å². The molecule has 1 heterocycles. The first-order valence-corrected chi connectivity index (χ1v) is 6.83. The number of hydrogen-bond acceptors (Lipinski definition) is 2. The number of likely N-dealkylation sites (N-methyl/N-ethyl adjacent to an activating group) is 1. The Kier molecular flexibility index (Phi) is 4.06. The highest BCUT2D eigenvalue weighted by Crippen LogP contribution is 2.31. The molecule has 94 valence electrons. The zero-order chi connectivity index (χ0) is 12.3. The molecule has 2 unspecified atom stereocenters. The number of para-hydroxylation sites is 1. The minimum Gasteiger partial charge on any atom is -0.384 e. The molecule has 0 aromatic heterocycles. The van der Waals surface area contributed by atoms with Crippen molar-refractivity contribution in [1.82, 2.24) is 4.90 Å². The number of anilines is 1. The normalized spacial score (nSPS) is 20.1. The Hall–Kier alpha value is -1.02. The van der Waals surface area contributed by atoms with Gasteiger partial charge in [-0.05, 0) is 31.5 Å². The molecule has 0 saturated carbocycles. The minimum absolute atomic E-state index is 0.653. The van der Waals surface area contributed by atoms with Crippen LogP contribution in [0.5, 0.6) is 0 Å². The van der Waals surface area contributed by atoms with Crippen LogP contribution in [0, 0.1) is 0 Å². The van der Waals surface area contributed by atoms with Gasteiger partial charge >= 0.3 is 0 Å². The van der Waals surface area contributed by atoms with E-state index in [0.717, 1.165) is 13.1 Å². The zero-order valence-electron chi connectivity index (χ0n) is 11.2. The van der Waals surface area contributed by atoms with Crippen LogP contribution in [0.4, 0.5) is 5.69 Å². The van der Waals surface area contributed by atoms with Crippen LogP contribution in [0.15, 0.2) is 24.3 Å². The number of nitrogens with zero attached hydrogens (tertiary/aromatic N) is 1. The van der Waals surface area contributed by atoms with E-state index in [4.69, 9.17) is 0 Å². The lowest BCUT2D eigenvalue weighted by Gasteiger charge is -2.29. The van der Waals surface area contributed by atoms with Crippen molar-refractivity contribution in [2.24, 2.45) is 0 Å². The number of hydrogen-bond donors (Lipinski definition) is 1. The number of fused-ring (bicyclic) bond motifs is 1. The molecular weight excluding hydrogens is 208 g/mol. The molecule has 1 aromatic carbocycles. The van der Waals surface area contributed by atoms with E-state index < -0.39 is 0 Å². The smallest absolute Gasteiger partial charge is 0.0376 e. The molecular formula is C15H24N2. The van der Waals surface area contributed by atoms with Gasteiger partial charge in [-0.15, -0.1) is 0 Å². The van der Waals surface area contributed by atoms with Gasteiger partial charge in [0.05, 0.1) is 0 Å². The molecule has 0 bridgehead atoms. The molecule has 1 aliphatic rings. The Morgan fingerprint density at radius 2 is 2.12 bits per heavy atom. The van der Waals surface area contributed by atoms with Crippen molar-refractivity contribution in [2.75, 3.05) is 25.0 Å². The maximum atomic E-state index is 3.51. The second-order valence-electron chi connectivity index (χ2n) is 5.01. The predicted octanol–water partition coefficient (Wildman–Crippen LogP) is 3.32. The fourth-order valence-electron chi connectivity index (χ4n) is 2.68. The van der Waals surface area contributed by atoms with Crippen LogP contribution in [0.1, 0.15) is 38.7 Å². The Labute approximate surface area is 105 Å². The second kappa shape index (κ2) is 5.54. The summed E-state index contributed by atoms with van der Waals surface area (Å²) in [6, 6.07) is 9.41. The summed E-state index contributed by atoms with van der Waals surface area (Å²) >= 11 is 0. The third-order valence-electron chi connectivity index (χ3n) is 4.01. The van der Waals surface area contributed by atoms with Gasteiger partial charge in [-0.25, -0.2) is 0 Å². The lowest BCUT2D eigenvalue weighted by atomic mass is 10.00. The summed E-state index contributed by atoms with van der Waals surface area (Å²) in [6.45, 7) is 10.3. The molecule has 0 fully saturated rings. The maximum absolute atomic E-state index is 3.51. The van der Waals surface area contributed by atoms with Crippen LogP contribution in [0.25, 0.3) is 0 Å². The van der Waals surface area contributed by atoms with Gasteiger partial charge in [0.2, 0.25) is 0 Å². The van der Waals surface area contributed by atoms with Crippen LogP contribution in [-0.2, 0) is 0 Å². The summed E-state index contributed by atoms with van der Waals surface area (Å²) in [7, 11) is 0. The van der Waals surface area contributed by atoms with Crippen molar-refractivity contribution in [1.29, 1.82) is 0 Å². The lowest BCUT2D eigenvalue weighted by molar-refractivity contribution is 0.205. The van der Waals surface area contributed by atoms with E-state index in [2.05, 4.69) is 55.3 Å². The molecule has 17 heavy (non-hydrogen) atoms. The van der Waals surface area contributed by atoms with Crippen LogP contribution in [0.3, 0.4) is 0 Å². The van der Waals surface area contributed by atoms with Gasteiger partial charge in [0.25, 0.3) is 0 Å². The van der Waals surface area contributed by atoms with Crippen molar-refractivity contribution < 1.29 is 0 Å². The van der Waals surface area contributed by atoms with Crippen LogP contribution in [-0.4, -0.2) is 30.6 Å². The molecule has 1 aromatic rings. The maximum Gasteiger partial charge on any atom is 0.0376 e. The quantitative estimate of drug-likeness (QED) is 0.838. The van der Waals surface area contributed by atoms with E-state index >= 15 is 0 Å². The molecule has 0 radical (unpaired) electrons. The predicted molar refractivity (Wildman–Crippen MR) is 74.7 cm³/mol. The fourth-order valence-corrected chi connectivity index (χ4v) is 2.68. The lowest BCUT2D eigenvalue weighted by Crippen LogP contribution is -2.36. The summed E-state index contributed by atoms with van der Waals surface area (Å²) in [5, 5.41) is 3.51. The Bertz CT molecular complexity index is 362. The van der Waals surface area contributed by atoms with Gasteiger partial charge < -0.3 is 10.2 Å². The Morgan fingerprint density at radius 1 is 1.35 bits per heavy atom. The van der Waals surface area contributed by atoms with Crippen molar-refractivity contribution in [3.8, 4) is 0 Å². The van der Waals surface area contributed by atoms with E-state index in [1.807, 2.05) is 0 Å². The molecule has 0 amide bonds. The molecule has 1 aliphatic heterocycles. The van der Waals surface area contributed by atoms with E-state index in [-0.39, 0.29) is 0 Å². The van der Waals surface area contributed by atoms with Gasteiger partial charge in [0.15, 0.2) is 0 Å². The van der Waals surface area contributed by atoms with Crippen molar-refractivity contribution in [3.05, 3.63) is 29.8 Å². The highest BCUT2D eigenvalue weighted by Gasteiger charge is 2.24. The average Bonchev–Trinajstić information content (AvgIpc) is 2.78. The second-order valence-corrected chi connectivity index (χ2v) is 5.01. The van der Waals surface area contributed by atoms with E-state index in [1.54, 1.807) is 0 Å². The molecule has 2 nitrogen and oxygen atoms in total. The summed E-state index contributed by atoms with van der Waals surface area (Å²) in [5.41, 5.74) is 2.83. The monoisotopic (exact) mass is 232 g/mol. The van der Waals surface area contributed by atoms with Gasteiger partial charge in [-0.1, -0.05) is 32.0 Å². The zero-order valence-corrected chi connectivity index (χ0v) is 11.2. The van der Waals surface area contributed by atoms with Crippen molar-refractivity contribution in [3.63, 3.8) is 0 Å². The van der Waals surface area contributed by atoms with Crippen molar-refractivity contribution >= 4 is 5.69 Å². The van der Waals surface area contributed by atoms with Gasteiger partial charge in [-0.3, -0.25) is 0 Å². The molecule has 2 atom stereocenters. The summed E-state index contributed by atoms with van der Waals surface area (Å²) < 4.78 is 0. The van der Waals surface area contributed by atoms with Gasteiger partial charge in [0, 0.05) is 30.7 Å². The largest absolute Gasteiger partial charge is 0.384 e. The Morgan fingerprint density at radius 3 is 2.82 bits per heavy atom. The van der Waals surface area contributed by atoms with E-state index in [0.29, 0.717) is 12.0 Å². The number of benzene rings is 1. The molecule has 1 N–H and O–H groups in total. The topological polar surface area (TPSA) is 15.3 Å². The fraction of sp³-hybridized carbons (Fsp3) is 0.600.